The molecule has 1 N–H and O–H groups in total. The van der Waals surface area contributed by atoms with Crippen molar-refractivity contribution in [1.29, 1.82) is 0 Å². The Bertz CT molecular complexity index is 525. The summed E-state index contributed by atoms with van der Waals surface area (Å²) in [6, 6.07) is 0. The summed E-state index contributed by atoms with van der Waals surface area (Å²) >= 11 is 1.26. The molecule has 20 heavy (non-hydrogen) atoms. The van der Waals surface area contributed by atoms with Gasteiger partial charge in [0, 0.05) is 11.8 Å². The monoisotopic (exact) mass is 320 g/mol. The average molecular weight is 320 g/mol. The van der Waals surface area contributed by atoms with Crippen LogP contribution in [0, 0.1) is 0 Å². The lowest BCUT2D eigenvalue weighted by Crippen LogP contribution is -2.16. The van der Waals surface area contributed by atoms with Gasteiger partial charge in [-0.15, -0.1) is 11.3 Å². The predicted octanol–water partition coefficient (Wildman–Crippen LogP) is 2.18. The van der Waals surface area contributed by atoms with Gasteiger partial charge in [0.1, 0.15) is 0 Å². The number of aromatic nitrogens is 1. The van der Waals surface area contributed by atoms with Crippen molar-refractivity contribution in [1.82, 2.24) is 4.98 Å². The van der Waals surface area contributed by atoms with Gasteiger partial charge in [-0.1, -0.05) is 13.3 Å². The molecule has 0 atom stereocenters. The molecule has 0 aliphatic heterocycles. The molecule has 0 bridgehead atoms. The van der Waals surface area contributed by atoms with E-state index in [2.05, 4.69) is 14.4 Å². The summed E-state index contributed by atoms with van der Waals surface area (Å²) in [5.41, 5.74) is 0.784. The van der Waals surface area contributed by atoms with Gasteiger partial charge in [-0.05, 0) is 19.3 Å². The second-order valence-electron chi connectivity index (χ2n) is 4.35. The molecule has 0 aliphatic rings. The van der Waals surface area contributed by atoms with Crippen molar-refractivity contribution in [2.75, 3.05) is 17.6 Å². The van der Waals surface area contributed by atoms with Crippen molar-refractivity contribution in [3.8, 4) is 0 Å². The van der Waals surface area contributed by atoms with E-state index in [9.17, 15) is 13.2 Å². The summed E-state index contributed by atoms with van der Waals surface area (Å²) in [5.74, 6) is -0.137. The zero-order valence-electron chi connectivity index (χ0n) is 11.7. The Hall–Kier alpha value is -1.15. The van der Waals surface area contributed by atoms with E-state index in [1.807, 2.05) is 6.92 Å². The highest BCUT2D eigenvalue weighted by molar-refractivity contribution is 7.92. The van der Waals surface area contributed by atoms with Crippen LogP contribution in [0.15, 0.2) is 5.38 Å². The van der Waals surface area contributed by atoms with Crippen LogP contribution in [0.25, 0.3) is 0 Å². The molecular weight excluding hydrogens is 300 g/mol. The maximum atomic E-state index is 11.7. The Morgan fingerprint density at radius 3 is 2.85 bits per heavy atom. The van der Waals surface area contributed by atoms with Crippen LogP contribution < -0.4 is 4.72 Å². The minimum atomic E-state index is -3.30. The van der Waals surface area contributed by atoms with Gasteiger partial charge < -0.3 is 4.74 Å². The number of unbranched alkanes of at least 4 members (excludes halogenated alkanes) is 1. The summed E-state index contributed by atoms with van der Waals surface area (Å²) in [5, 5.41) is 2.18. The van der Waals surface area contributed by atoms with E-state index in [0.717, 1.165) is 12.1 Å². The van der Waals surface area contributed by atoms with Gasteiger partial charge in [-0.25, -0.2) is 13.4 Å². The lowest BCUT2D eigenvalue weighted by molar-refractivity contribution is -0.140. The molecule has 0 aromatic carbocycles. The van der Waals surface area contributed by atoms with Crippen molar-refractivity contribution in [3.05, 3.63) is 11.1 Å². The molecule has 1 aromatic rings. The number of hydrogen-bond donors (Lipinski definition) is 1. The topological polar surface area (TPSA) is 85.4 Å². The number of methoxy groups -OCH3 is 1. The Morgan fingerprint density at radius 1 is 1.45 bits per heavy atom. The molecule has 0 radical (unpaired) electrons. The smallest absolute Gasteiger partial charge is 0.305 e. The Kier molecular flexibility index (Phi) is 6.94. The largest absolute Gasteiger partial charge is 0.469 e. The third-order valence-electron chi connectivity index (χ3n) is 2.60. The van der Waals surface area contributed by atoms with Crippen molar-refractivity contribution < 1.29 is 17.9 Å². The summed E-state index contributed by atoms with van der Waals surface area (Å²) in [6.45, 7) is 1.94. The highest BCUT2D eigenvalue weighted by atomic mass is 32.2. The number of sulfonamides is 1. The van der Waals surface area contributed by atoms with Crippen LogP contribution in [-0.4, -0.2) is 32.2 Å². The van der Waals surface area contributed by atoms with Crippen molar-refractivity contribution in [2.45, 2.75) is 39.0 Å². The maximum Gasteiger partial charge on any atom is 0.305 e. The van der Waals surface area contributed by atoms with Crippen LogP contribution in [-0.2, 0) is 26.0 Å². The normalized spacial score (nSPS) is 11.3. The van der Waals surface area contributed by atoms with Gasteiger partial charge in [-0.3, -0.25) is 9.52 Å². The lowest BCUT2D eigenvalue weighted by atomic mass is 10.2. The molecule has 1 aromatic heterocycles. The van der Waals surface area contributed by atoms with E-state index in [1.54, 1.807) is 5.38 Å². The van der Waals surface area contributed by atoms with Crippen LogP contribution in [0.3, 0.4) is 0 Å². The first kappa shape index (κ1) is 16.9. The third kappa shape index (κ3) is 6.33. The molecule has 114 valence electrons. The van der Waals surface area contributed by atoms with E-state index in [1.165, 1.54) is 18.4 Å². The number of ether oxygens (including phenoxy) is 1. The zero-order chi connectivity index (χ0) is 15.0. The van der Waals surface area contributed by atoms with Crippen LogP contribution in [0.1, 0.15) is 38.3 Å². The molecular formula is C12H20N2O4S2. The standard InChI is InChI=1S/C12H20N2O4S2/c1-3-4-8-20(16,17)14-12-13-10(9-19-12)6-5-7-11(15)18-2/h9H,3-8H2,1-2H3,(H,13,14). The fraction of sp³-hybridized carbons (Fsp3) is 0.667. The molecule has 8 heteroatoms. The van der Waals surface area contributed by atoms with Gasteiger partial charge in [0.25, 0.3) is 0 Å². The van der Waals surface area contributed by atoms with E-state index >= 15 is 0 Å². The highest BCUT2D eigenvalue weighted by Crippen LogP contribution is 2.18. The van der Waals surface area contributed by atoms with Crippen LogP contribution in [0.5, 0.6) is 0 Å². The number of anilines is 1. The quantitative estimate of drug-likeness (QED) is 0.705. The Labute approximate surface area is 123 Å². The summed E-state index contributed by atoms with van der Waals surface area (Å²) < 4.78 is 30.4. The third-order valence-corrected chi connectivity index (χ3v) is 4.87. The van der Waals surface area contributed by atoms with Crippen molar-refractivity contribution in [3.63, 3.8) is 0 Å². The van der Waals surface area contributed by atoms with Gasteiger partial charge in [0.15, 0.2) is 5.13 Å². The van der Waals surface area contributed by atoms with E-state index in [4.69, 9.17) is 0 Å². The summed E-state index contributed by atoms with van der Waals surface area (Å²) in [4.78, 5) is 15.2. The van der Waals surface area contributed by atoms with Gasteiger partial charge in [0.2, 0.25) is 10.0 Å². The molecule has 0 unspecified atom stereocenters. The number of thiazole rings is 1. The summed E-state index contributed by atoms with van der Waals surface area (Å²) in [7, 11) is -1.94. The fourth-order valence-corrected chi connectivity index (χ4v) is 3.75. The zero-order valence-corrected chi connectivity index (χ0v) is 13.3. The Balaban J connectivity index is 2.45. The van der Waals surface area contributed by atoms with Gasteiger partial charge in [0.05, 0.1) is 18.6 Å². The molecule has 1 heterocycles. The van der Waals surface area contributed by atoms with Gasteiger partial charge >= 0.3 is 5.97 Å². The maximum absolute atomic E-state index is 11.7. The fourth-order valence-electron chi connectivity index (χ4n) is 1.50. The molecule has 6 nitrogen and oxygen atoms in total. The first-order valence-electron chi connectivity index (χ1n) is 6.48. The lowest BCUT2D eigenvalue weighted by Gasteiger charge is -2.03. The number of carbonyl (C=O) groups excluding carboxylic acids is 1. The number of hydrogen-bond acceptors (Lipinski definition) is 6. The van der Waals surface area contributed by atoms with E-state index in [-0.39, 0.29) is 11.7 Å². The van der Waals surface area contributed by atoms with Crippen LogP contribution >= 0.6 is 11.3 Å². The second-order valence-corrected chi connectivity index (χ2v) is 7.05. The summed E-state index contributed by atoms with van der Waals surface area (Å²) in [6.07, 6.45) is 3.07. The Morgan fingerprint density at radius 2 is 2.20 bits per heavy atom. The molecule has 0 saturated heterocycles. The number of aryl methyl sites for hydroxylation is 1. The van der Waals surface area contributed by atoms with Crippen LogP contribution in [0.2, 0.25) is 0 Å². The number of carbonyl (C=O) groups is 1. The number of rotatable bonds is 9. The number of nitrogens with one attached hydrogen (secondary N) is 1. The molecule has 0 amide bonds. The minimum Gasteiger partial charge on any atom is -0.469 e. The van der Waals surface area contributed by atoms with Gasteiger partial charge in [-0.2, -0.15) is 0 Å². The highest BCUT2D eigenvalue weighted by Gasteiger charge is 2.12. The molecule has 1 rings (SSSR count). The predicted molar refractivity (Wildman–Crippen MR) is 79.4 cm³/mol. The SMILES string of the molecule is CCCCS(=O)(=O)Nc1nc(CCCC(=O)OC)cs1. The minimum absolute atomic E-state index is 0.112. The van der Waals surface area contributed by atoms with Crippen molar-refractivity contribution in [2.24, 2.45) is 0 Å². The average Bonchev–Trinajstić information content (AvgIpc) is 2.83. The van der Waals surface area contributed by atoms with E-state index in [0.29, 0.717) is 30.8 Å². The molecule has 0 fully saturated rings. The second kappa shape index (κ2) is 8.21. The van der Waals surface area contributed by atoms with E-state index < -0.39 is 10.0 Å². The van der Waals surface area contributed by atoms with Crippen LogP contribution in [0.4, 0.5) is 5.13 Å². The van der Waals surface area contributed by atoms with Crippen molar-refractivity contribution >= 4 is 32.5 Å². The number of nitrogens with zero attached hydrogens (tertiary/aromatic N) is 1. The molecule has 0 saturated carbocycles. The number of esters is 1. The molecule has 0 aliphatic carbocycles. The first-order valence-corrected chi connectivity index (χ1v) is 9.01. The first-order chi connectivity index (χ1) is 9.46. The molecule has 0 spiro atoms.